The van der Waals surface area contributed by atoms with Crippen LogP contribution in [0.4, 0.5) is 0 Å². The summed E-state index contributed by atoms with van der Waals surface area (Å²) >= 11 is 0. The molecule has 3 aliphatic carbocycles. The molecule has 0 aromatic heterocycles. The van der Waals surface area contributed by atoms with Crippen molar-refractivity contribution in [3.05, 3.63) is 0 Å². The second-order valence-electron chi connectivity index (χ2n) is 6.75. The third-order valence-electron chi connectivity index (χ3n) is 5.51. The van der Waals surface area contributed by atoms with E-state index in [9.17, 15) is 4.79 Å². The summed E-state index contributed by atoms with van der Waals surface area (Å²) in [4.78, 5) is 10.6. The minimum absolute atomic E-state index is 0.339. The van der Waals surface area contributed by atoms with Gasteiger partial charge in [0.2, 0.25) is 0 Å². The second kappa shape index (κ2) is 3.75. The maximum atomic E-state index is 10.6. The van der Waals surface area contributed by atoms with Crippen LogP contribution in [0, 0.1) is 22.7 Å². The molecular weight excluding hydrogens is 200 g/mol. The van der Waals surface area contributed by atoms with Gasteiger partial charge in [0.1, 0.15) is 0 Å². The molecule has 3 rings (SSSR count). The fraction of sp³-hybridized carbons (Fsp3) is 0.929. The Bertz CT molecular complexity index is 293. The van der Waals surface area contributed by atoms with E-state index < -0.39 is 5.97 Å². The van der Waals surface area contributed by atoms with Gasteiger partial charge in [0.15, 0.2) is 0 Å². The van der Waals surface area contributed by atoms with Crippen LogP contribution >= 0.6 is 0 Å². The van der Waals surface area contributed by atoms with Gasteiger partial charge >= 0.3 is 5.97 Å². The maximum absolute atomic E-state index is 10.6. The van der Waals surface area contributed by atoms with E-state index in [1.807, 2.05) is 0 Å². The van der Waals surface area contributed by atoms with Gasteiger partial charge < -0.3 is 5.11 Å². The van der Waals surface area contributed by atoms with Crippen molar-refractivity contribution >= 4 is 5.97 Å². The third-order valence-corrected chi connectivity index (χ3v) is 5.51. The first-order valence-electron chi connectivity index (χ1n) is 6.58. The Morgan fingerprint density at radius 1 is 1.38 bits per heavy atom. The Labute approximate surface area is 98.4 Å². The summed E-state index contributed by atoms with van der Waals surface area (Å²) in [5.41, 5.74) is 0.921. The molecule has 0 heterocycles. The minimum atomic E-state index is -0.648. The fourth-order valence-corrected chi connectivity index (χ4v) is 4.31. The van der Waals surface area contributed by atoms with Gasteiger partial charge in [-0.25, -0.2) is 0 Å². The molecule has 0 aromatic rings. The lowest BCUT2D eigenvalue weighted by atomic mass is 9.40. The molecule has 3 fully saturated rings. The summed E-state index contributed by atoms with van der Waals surface area (Å²) < 4.78 is 0. The van der Waals surface area contributed by atoms with Crippen LogP contribution in [0.3, 0.4) is 0 Å². The predicted molar refractivity (Wildman–Crippen MR) is 64.2 cm³/mol. The van der Waals surface area contributed by atoms with Crippen LogP contribution in [0.5, 0.6) is 0 Å². The zero-order valence-electron chi connectivity index (χ0n) is 10.8. The van der Waals surface area contributed by atoms with Gasteiger partial charge in [-0.1, -0.05) is 20.8 Å². The van der Waals surface area contributed by atoms with E-state index in [4.69, 9.17) is 5.11 Å². The first-order chi connectivity index (χ1) is 7.36. The molecule has 3 atom stereocenters. The van der Waals surface area contributed by atoms with Gasteiger partial charge in [-0.2, -0.15) is 0 Å². The SMILES string of the molecule is CC1(CCCC(=O)O)CCC2CC1C2(C)C. The van der Waals surface area contributed by atoms with E-state index in [1.54, 1.807) is 0 Å². The van der Waals surface area contributed by atoms with E-state index in [-0.39, 0.29) is 0 Å². The molecule has 0 aliphatic heterocycles. The summed E-state index contributed by atoms with van der Waals surface area (Å²) in [5, 5.41) is 8.71. The quantitative estimate of drug-likeness (QED) is 0.790. The topological polar surface area (TPSA) is 37.3 Å². The molecule has 0 spiro atoms. The number of hydrogen-bond donors (Lipinski definition) is 1. The van der Waals surface area contributed by atoms with E-state index in [2.05, 4.69) is 20.8 Å². The zero-order chi connectivity index (χ0) is 12.0. The lowest BCUT2D eigenvalue weighted by Crippen LogP contribution is -2.56. The number of carboxylic acid groups (broad SMARTS) is 1. The predicted octanol–water partition coefficient (Wildman–Crippen LogP) is 3.70. The standard InChI is InChI=1S/C14H24O2/c1-13(2)10-6-8-14(3,11(13)9-10)7-4-5-12(15)16/h10-11H,4-9H2,1-3H3,(H,15,16). The van der Waals surface area contributed by atoms with Gasteiger partial charge in [-0.3, -0.25) is 4.79 Å². The Balaban J connectivity index is 1.94. The third kappa shape index (κ3) is 1.76. The molecule has 2 heteroatoms. The number of rotatable bonds is 4. The summed E-state index contributed by atoms with van der Waals surface area (Å²) in [6.07, 6.45) is 6.34. The molecule has 3 aliphatic rings. The van der Waals surface area contributed by atoms with Crippen molar-refractivity contribution in [2.45, 2.75) is 59.3 Å². The number of carboxylic acids is 1. The van der Waals surface area contributed by atoms with Crippen molar-refractivity contribution in [2.75, 3.05) is 0 Å². The van der Waals surface area contributed by atoms with Gasteiger partial charge in [0.25, 0.3) is 0 Å². The van der Waals surface area contributed by atoms with E-state index >= 15 is 0 Å². The summed E-state index contributed by atoms with van der Waals surface area (Å²) in [6, 6.07) is 0. The summed E-state index contributed by atoms with van der Waals surface area (Å²) in [7, 11) is 0. The van der Waals surface area contributed by atoms with Crippen LogP contribution in [-0.4, -0.2) is 11.1 Å². The molecule has 92 valence electrons. The molecule has 3 unspecified atom stereocenters. The number of fused-ring (bicyclic) bond motifs is 2. The molecular formula is C14H24O2. The van der Waals surface area contributed by atoms with Crippen LogP contribution in [0.2, 0.25) is 0 Å². The molecule has 3 saturated carbocycles. The van der Waals surface area contributed by atoms with E-state index in [1.165, 1.54) is 19.3 Å². The normalized spacial score (nSPS) is 40.2. The highest BCUT2D eigenvalue weighted by atomic mass is 16.4. The largest absolute Gasteiger partial charge is 0.481 e. The van der Waals surface area contributed by atoms with Gasteiger partial charge in [0, 0.05) is 6.42 Å². The average molecular weight is 224 g/mol. The van der Waals surface area contributed by atoms with Crippen LogP contribution in [-0.2, 0) is 4.79 Å². The lowest BCUT2D eigenvalue weighted by Gasteiger charge is -2.65. The van der Waals surface area contributed by atoms with Crippen molar-refractivity contribution in [1.82, 2.24) is 0 Å². The van der Waals surface area contributed by atoms with Crippen molar-refractivity contribution in [1.29, 1.82) is 0 Å². The highest BCUT2D eigenvalue weighted by Gasteiger charge is 2.58. The number of hydrogen-bond acceptors (Lipinski definition) is 1. The maximum Gasteiger partial charge on any atom is 0.303 e. The monoisotopic (exact) mass is 224 g/mol. The van der Waals surface area contributed by atoms with Crippen LogP contribution in [0.15, 0.2) is 0 Å². The smallest absolute Gasteiger partial charge is 0.303 e. The Morgan fingerprint density at radius 2 is 2.06 bits per heavy atom. The van der Waals surface area contributed by atoms with E-state index in [0.717, 1.165) is 24.7 Å². The van der Waals surface area contributed by atoms with Crippen molar-refractivity contribution in [2.24, 2.45) is 22.7 Å². The second-order valence-corrected chi connectivity index (χ2v) is 6.75. The Kier molecular flexibility index (Phi) is 2.80. The molecule has 0 aromatic carbocycles. The highest BCUT2D eigenvalue weighted by Crippen LogP contribution is 2.67. The van der Waals surface area contributed by atoms with Gasteiger partial charge in [-0.15, -0.1) is 0 Å². The molecule has 2 nitrogen and oxygen atoms in total. The summed E-state index contributed by atoms with van der Waals surface area (Å²) in [5.74, 6) is 1.11. The highest BCUT2D eigenvalue weighted by molar-refractivity contribution is 5.66. The van der Waals surface area contributed by atoms with Crippen molar-refractivity contribution in [3.8, 4) is 0 Å². The molecule has 1 N–H and O–H groups in total. The lowest BCUT2D eigenvalue weighted by molar-refractivity contribution is -0.154. The molecule has 0 amide bonds. The molecule has 2 bridgehead atoms. The fourth-order valence-electron chi connectivity index (χ4n) is 4.31. The molecule has 0 radical (unpaired) electrons. The van der Waals surface area contributed by atoms with Crippen LogP contribution in [0.1, 0.15) is 59.3 Å². The molecule has 0 saturated heterocycles. The number of carbonyl (C=O) groups is 1. The van der Waals surface area contributed by atoms with Crippen molar-refractivity contribution in [3.63, 3.8) is 0 Å². The summed E-state index contributed by atoms with van der Waals surface area (Å²) in [6.45, 7) is 7.19. The first-order valence-corrected chi connectivity index (χ1v) is 6.58. The van der Waals surface area contributed by atoms with Gasteiger partial charge in [0.05, 0.1) is 0 Å². The van der Waals surface area contributed by atoms with E-state index in [0.29, 0.717) is 17.3 Å². The Morgan fingerprint density at radius 3 is 2.56 bits per heavy atom. The minimum Gasteiger partial charge on any atom is -0.481 e. The number of aliphatic carboxylic acids is 1. The van der Waals surface area contributed by atoms with Crippen LogP contribution < -0.4 is 0 Å². The van der Waals surface area contributed by atoms with Crippen LogP contribution in [0.25, 0.3) is 0 Å². The first kappa shape index (κ1) is 11.9. The van der Waals surface area contributed by atoms with Gasteiger partial charge in [-0.05, 0) is 54.8 Å². The zero-order valence-corrected chi connectivity index (χ0v) is 10.8. The average Bonchev–Trinajstić information content (AvgIpc) is 2.16. The Hall–Kier alpha value is -0.530. The molecule has 16 heavy (non-hydrogen) atoms. The van der Waals surface area contributed by atoms with Crippen molar-refractivity contribution < 1.29 is 9.90 Å².